The maximum atomic E-state index is 9.77. The number of hydrogen-bond acceptors (Lipinski definition) is 4. The van der Waals surface area contributed by atoms with Gasteiger partial charge in [-0.1, -0.05) is 0 Å². The van der Waals surface area contributed by atoms with Gasteiger partial charge < -0.3 is 26.1 Å². The molecule has 1 atom stereocenters. The van der Waals surface area contributed by atoms with Crippen molar-refractivity contribution in [3.8, 4) is 0 Å². The van der Waals surface area contributed by atoms with Crippen LogP contribution in [0.1, 0.15) is 0 Å². The van der Waals surface area contributed by atoms with E-state index in [2.05, 4.69) is 5.73 Å². The molecule has 4 N–H and O–H groups in total. The van der Waals surface area contributed by atoms with Gasteiger partial charge in [0.15, 0.2) is 6.23 Å². The maximum Gasteiger partial charge on any atom is 0.314 e. The first kappa shape index (κ1) is 7.70. The summed E-state index contributed by atoms with van der Waals surface area (Å²) in [5.41, 5.74) is 4.43. The lowest BCUT2D eigenvalue weighted by molar-refractivity contribution is -0.315. The highest BCUT2D eigenvalue weighted by molar-refractivity contribution is 5.79. The average Bonchev–Trinajstić information content (AvgIpc) is 1.63. The SMILES string of the molecule is NC(=O)N[C@@H](O)C(=O)[O-]. The summed E-state index contributed by atoms with van der Waals surface area (Å²) in [6.45, 7) is 0. The summed E-state index contributed by atoms with van der Waals surface area (Å²) in [6.07, 6.45) is -2.03. The van der Waals surface area contributed by atoms with Crippen LogP contribution in [0.15, 0.2) is 0 Å². The molecule has 0 saturated carbocycles. The van der Waals surface area contributed by atoms with Gasteiger partial charge in [0.05, 0.1) is 5.97 Å². The summed E-state index contributed by atoms with van der Waals surface area (Å²) >= 11 is 0. The van der Waals surface area contributed by atoms with Crippen LogP contribution in [0.25, 0.3) is 0 Å². The Balaban J connectivity index is 3.63. The lowest BCUT2D eigenvalue weighted by atomic mass is 10.6. The highest BCUT2D eigenvalue weighted by Crippen LogP contribution is 1.69. The second kappa shape index (κ2) is 2.88. The fraction of sp³-hybridized carbons (Fsp3) is 0.333. The molecule has 0 heterocycles. The van der Waals surface area contributed by atoms with Crippen molar-refractivity contribution in [2.45, 2.75) is 6.23 Å². The van der Waals surface area contributed by atoms with Crippen LogP contribution in [0.3, 0.4) is 0 Å². The van der Waals surface area contributed by atoms with Crippen LogP contribution < -0.4 is 16.2 Å². The Labute approximate surface area is 50.3 Å². The van der Waals surface area contributed by atoms with Gasteiger partial charge >= 0.3 is 6.03 Å². The summed E-state index contributed by atoms with van der Waals surface area (Å²) in [6, 6.07) is -1.12. The van der Waals surface area contributed by atoms with Crippen LogP contribution in [0.5, 0.6) is 0 Å². The highest BCUT2D eigenvalue weighted by atomic mass is 16.4. The van der Waals surface area contributed by atoms with Crippen molar-refractivity contribution in [3.05, 3.63) is 0 Å². The van der Waals surface area contributed by atoms with E-state index in [1.54, 1.807) is 0 Å². The summed E-state index contributed by atoms with van der Waals surface area (Å²) in [5, 5.41) is 19.3. The molecular weight excluding hydrogens is 128 g/mol. The van der Waals surface area contributed by atoms with Crippen LogP contribution in [-0.2, 0) is 4.79 Å². The largest absolute Gasteiger partial charge is 0.545 e. The Bertz CT molecular complexity index is 134. The average molecular weight is 133 g/mol. The smallest absolute Gasteiger partial charge is 0.314 e. The summed E-state index contributed by atoms with van der Waals surface area (Å²) in [5.74, 6) is -1.80. The zero-order chi connectivity index (χ0) is 7.44. The zero-order valence-corrected chi connectivity index (χ0v) is 4.33. The molecule has 6 heteroatoms. The van der Waals surface area contributed by atoms with Crippen molar-refractivity contribution >= 4 is 12.0 Å². The molecule has 9 heavy (non-hydrogen) atoms. The number of hydrogen-bond donors (Lipinski definition) is 3. The van der Waals surface area contributed by atoms with Gasteiger partial charge in [0.1, 0.15) is 0 Å². The van der Waals surface area contributed by atoms with Crippen molar-refractivity contribution in [2.75, 3.05) is 0 Å². The zero-order valence-electron chi connectivity index (χ0n) is 4.33. The molecule has 0 radical (unpaired) electrons. The Morgan fingerprint density at radius 1 is 1.67 bits per heavy atom. The van der Waals surface area contributed by atoms with Gasteiger partial charge in [0.2, 0.25) is 0 Å². The lowest BCUT2D eigenvalue weighted by Crippen LogP contribution is -2.49. The predicted molar refractivity (Wildman–Crippen MR) is 23.7 cm³/mol. The molecule has 0 aliphatic carbocycles. The summed E-state index contributed by atoms with van der Waals surface area (Å²) < 4.78 is 0. The molecule has 2 amide bonds. The number of aliphatic carboxylic acids is 1. The molecule has 0 rings (SSSR count). The Morgan fingerprint density at radius 3 is 2.22 bits per heavy atom. The number of aliphatic hydroxyl groups excluding tert-OH is 1. The highest BCUT2D eigenvalue weighted by Gasteiger charge is 2.03. The van der Waals surface area contributed by atoms with E-state index in [1.807, 2.05) is 0 Å². The van der Waals surface area contributed by atoms with Crippen LogP contribution in [0.2, 0.25) is 0 Å². The first-order chi connectivity index (χ1) is 4.04. The Morgan fingerprint density at radius 2 is 2.11 bits per heavy atom. The van der Waals surface area contributed by atoms with Gasteiger partial charge in [-0.25, -0.2) is 4.79 Å². The van der Waals surface area contributed by atoms with Gasteiger partial charge in [0.25, 0.3) is 0 Å². The van der Waals surface area contributed by atoms with Gasteiger partial charge in [-0.15, -0.1) is 0 Å². The van der Waals surface area contributed by atoms with E-state index in [0.717, 1.165) is 0 Å². The molecule has 0 aliphatic heterocycles. The number of nitrogens with two attached hydrogens (primary N) is 1. The second-order valence-corrected chi connectivity index (χ2v) is 1.23. The summed E-state index contributed by atoms with van der Waals surface area (Å²) in [7, 11) is 0. The van der Waals surface area contributed by atoms with E-state index in [4.69, 9.17) is 5.11 Å². The van der Waals surface area contributed by atoms with Gasteiger partial charge in [-0.05, 0) is 0 Å². The molecule has 0 aromatic rings. The van der Waals surface area contributed by atoms with Crippen molar-refractivity contribution in [1.82, 2.24) is 5.32 Å². The van der Waals surface area contributed by atoms with Crippen LogP contribution in [0.4, 0.5) is 4.79 Å². The van der Waals surface area contributed by atoms with E-state index < -0.39 is 18.2 Å². The number of carbonyl (C=O) groups is 2. The fourth-order valence-electron chi connectivity index (χ4n) is 0.194. The monoisotopic (exact) mass is 133 g/mol. The molecule has 6 nitrogen and oxygen atoms in total. The molecular formula is C3H5N2O4-. The second-order valence-electron chi connectivity index (χ2n) is 1.23. The number of nitrogens with one attached hydrogen (secondary N) is 1. The Hall–Kier alpha value is -1.30. The van der Waals surface area contributed by atoms with Gasteiger partial charge in [-0.3, -0.25) is 0 Å². The number of carboxylic acid groups (broad SMARTS) is 1. The van der Waals surface area contributed by atoms with E-state index in [1.165, 1.54) is 5.32 Å². The summed E-state index contributed by atoms with van der Waals surface area (Å²) in [4.78, 5) is 19.4. The molecule has 0 saturated heterocycles. The molecule has 0 fully saturated rings. The molecule has 0 aromatic carbocycles. The maximum absolute atomic E-state index is 9.77. The molecule has 0 bridgehead atoms. The van der Waals surface area contributed by atoms with Crippen LogP contribution in [-0.4, -0.2) is 23.3 Å². The minimum atomic E-state index is -2.03. The first-order valence-electron chi connectivity index (χ1n) is 1.99. The van der Waals surface area contributed by atoms with Crippen LogP contribution >= 0.6 is 0 Å². The van der Waals surface area contributed by atoms with E-state index in [0.29, 0.717) is 0 Å². The first-order valence-corrected chi connectivity index (χ1v) is 1.99. The van der Waals surface area contributed by atoms with Crippen molar-refractivity contribution in [2.24, 2.45) is 5.73 Å². The van der Waals surface area contributed by atoms with Crippen molar-refractivity contribution < 1.29 is 19.8 Å². The minimum Gasteiger partial charge on any atom is -0.545 e. The molecule has 0 spiro atoms. The number of rotatable bonds is 2. The normalized spacial score (nSPS) is 12.1. The van der Waals surface area contributed by atoms with E-state index in [9.17, 15) is 14.7 Å². The number of urea groups is 1. The minimum absolute atomic E-state index is 1.12. The number of amides is 2. The number of aliphatic hydroxyl groups is 1. The van der Waals surface area contributed by atoms with E-state index in [-0.39, 0.29) is 0 Å². The third-order valence-electron chi connectivity index (χ3n) is 0.502. The van der Waals surface area contributed by atoms with Gasteiger partial charge in [0, 0.05) is 0 Å². The molecule has 0 aromatic heterocycles. The number of carboxylic acids is 1. The number of primary amides is 1. The van der Waals surface area contributed by atoms with E-state index >= 15 is 0 Å². The molecule has 0 unspecified atom stereocenters. The van der Waals surface area contributed by atoms with Gasteiger partial charge in [-0.2, -0.15) is 0 Å². The van der Waals surface area contributed by atoms with Crippen LogP contribution in [0, 0.1) is 0 Å². The van der Waals surface area contributed by atoms with Crippen molar-refractivity contribution in [3.63, 3.8) is 0 Å². The molecule has 0 aliphatic rings. The lowest BCUT2D eigenvalue weighted by Gasteiger charge is -2.10. The Kier molecular flexibility index (Phi) is 2.46. The molecule has 52 valence electrons. The fourth-order valence-corrected chi connectivity index (χ4v) is 0.194. The topological polar surface area (TPSA) is 115 Å². The number of carbonyl (C=O) groups excluding carboxylic acids is 2. The quantitative estimate of drug-likeness (QED) is 0.342. The standard InChI is InChI=1S/C3H6N2O4/c4-3(9)5-1(6)2(7)8/h1,6H,(H,7,8)(H3,4,5,9)/p-1/t1-/m0/s1. The predicted octanol–water partition coefficient (Wildman–Crippen LogP) is -3.28. The third-order valence-corrected chi connectivity index (χ3v) is 0.502. The van der Waals surface area contributed by atoms with Crippen molar-refractivity contribution in [1.29, 1.82) is 0 Å². The third kappa shape index (κ3) is 3.30.